The minimum absolute atomic E-state index is 0. The van der Waals surface area contributed by atoms with Crippen LogP contribution in [0.4, 0.5) is 5.69 Å². The highest BCUT2D eigenvalue weighted by Gasteiger charge is 2.26. The molecule has 0 fully saturated rings. The van der Waals surface area contributed by atoms with Crippen LogP contribution >= 0.6 is 12.4 Å². The SMILES string of the molecule is CCCC(N)C(=O)N1CCCc2ccc(C)cc21.Cl. The van der Waals surface area contributed by atoms with E-state index in [1.807, 2.05) is 4.90 Å². The number of hydrogen-bond donors (Lipinski definition) is 1. The number of rotatable bonds is 3. The molecule has 0 spiro atoms. The molecule has 2 N–H and O–H groups in total. The van der Waals surface area contributed by atoms with Crippen LogP contribution in [0, 0.1) is 6.92 Å². The fourth-order valence-electron chi connectivity index (χ4n) is 2.55. The van der Waals surface area contributed by atoms with Crippen molar-refractivity contribution in [2.45, 2.75) is 45.6 Å². The van der Waals surface area contributed by atoms with Crippen LogP contribution in [-0.4, -0.2) is 18.5 Å². The highest BCUT2D eigenvalue weighted by molar-refractivity contribution is 5.98. The molecule has 0 saturated carbocycles. The van der Waals surface area contributed by atoms with Gasteiger partial charge >= 0.3 is 0 Å². The summed E-state index contributed by atoms with van der Waals surface area (Å²) in [5, 5.41) is 0. The van der Waals surface area contributed by atoms with Gasteiger partial charge in [-0.05, 0) is 43.4 Å². The molecular formula is C15H23ClN2O. The third kappa shape index (κ3) is 3.48. The van der Waals surface area contributed by atoms with Crippen LogP contribution in [0.1, 0.15) is 37.3 Å². The molecule has 1 unspecified atom stereocenters. The predicted molar refractivity (Wildman–Crippen MR) is 82.0 cm³/mol. The number of hydrogen-bond acceptors (Lipinski definition) is 2. The van der Waals surface area contributed by atoms with Crippen LogP contribution in [0.3, 0.4) is 0 Å². The smallest absolute Gasteiger partial charge is 0.243 e. The van der Waals surface area contributed by atoms with E-state index >= 15 is 0 Å². The lowest BCUT2D eigenvalue weighted by Crippen LogP contribution is -2.46. The summed E-state index contributed by atoms with van der Waals surface area (Å²) in [4.78, 5) is 14.2. The zero-order valence-electron chi connectivity index (χ0n) is 11.7. The number of halogens is 1. The van der Waals surface area contributed by atoms with Crippen LogP contribution in [0.2, 0.25) is 0 Å². The second-order valence-corrected chi connectivity index (χ2v) is 5.12. The van der Waals surface area contributed by atoms with Gasteiger partial charge in [0.2, 0.25) is 5.91 Å². The van der Waals surface area contributed by atoms with Gasteiger partial charge in [0, 0.05) is 12.2 Å². The summed E-state index contributed by atoms with van der Waals surface area (Å²) in [5.74, 6) is 0.0726. The Labute approximate surface area is 121 Å². The number of amides is 1. The summed E-state index contributed by atoms with van der Waals surface area (Å²) < 4.78 is 0. The van der Waals surface area contributed by atoms with Crippen molar-refractivity contribution in [1.29, 1.82) is 0 Å². The standard InChI is InChI=1S/C15H22N2O.ClH/c1-3-5-13(16)15(18)17-9-4-6-12-8-7-11(2)10-14(12)17;/h7-8,10,13H,3-6,9,16H2,1-2H3;1H. The summed E-state index contributed by atoms with van der Waals surface area (Å²) in [7, 11) is 0. The fraction of sp³-hybridized carbons (Fsp3) is 0.533. The van der Waals surface area contributed by atoms with Gasteiger partial charge in [-0.1, -0.05) is 25.5 Å². The molecule has 1 amide bonds. The second-order valence-electron chi connectivity index (χ2n) is 5.12. The molecule has 1 heterocycles. The predicted octanol–water partition coefficient (Wildman–Crippen LogP) is 2.82. The summed E-state index contributed by atoms with van der Waals surface area (Å²) in [6.45, 7) is 4.91. The third-order valence-corrected chi connectivity index (χ3v) is 3.54. The Morgan fingerprint density at radius 2 is 2.21 bits per heavy atom. The average Bonchev–Trinajstić information content (AvgIpc) is 2.37. The molecule has 0 bridgehead atoms. The highest BCUT2D eigenvalue weighted by Crippen LogP contribution is 2.28. The maximum Gasteiger partial charge on any atom is 0.243 e. The van der Waals surface area contributed by atoms with Gasteiger partial charge in [0.25, 0.3) is 0 Å². The Balaban J connectivity index is 0.00000180. The molecule has 1 aliphatic rings. The van der Waals surface area contributed by atoms with Gasteiger partial charge in [0.05, 0.1) is 6.04 Å². The number of aryl methyl sites for hydroxylation is 2. The van der Waals surface area contributed by atoms with Gasteiger partial charge < -0.3 is 10.6 Å². The quantitative estimate of drug-likeness (QED) is 0.927. The molecule has 3 nitrogen and oxygen atoms in total. The number of nitrogens with two attached hydrogens (primary N) is 1. The number of anilines is 1. The Kier molecular flexibility index (Phi) is 5.83. The summed E-state index contributed by atoms with van der Waals surface area (Å²) in [6, 6.07) is 5.99. The number of fused-ring (bicyclic) bond motifs is 1. The van der Waals surface area contributed by atoms with E-state index in [2.05, 4.69) is 32.0 Å². The largest absolute Gasteiger partial charge is 0.320 e. The Hall–Kier alpha value is -1.06. The van der Waals surface area contributed by atoms with E-state index in [4.69, 9.17) is 5.73 Å². The zero-order chi connectivity index (χ0) is 13.1. The van der Waals surface area contributed by atoms with Gasteiger partial charge in [-0.3, -0.25) is 4.79 Å². The summed E-state index contributed by atoms with van der Waals surface area (Å²) >= 11 is 0. The van der Waals surface area contributed by atoms with Crippen molar-refractivity contribution in [3.05, 3.63) is 29.3 Å². The van der Waals surface area contributed by atoms with Gasteiger partial charge in [0.15, 0.2) is 0 Å². The molecule has 19 heavy (non-hydrogen) atoms. The van der Waals surface area contributed by atoms with E-state index in [0.717, 1.165) is 37.9 Å². The molecule has 0 radical (unpaired) electrons. The lowest BCUT2D eigenvalue weighted by atomic mass is 9.98. The molecule has 0 aliphatic carbocycles. The Bertz CT molecular complexity index is 448. The zero-order valence-corrected chi connectivity index (χ0v) is 12.5. The van der Waals surface area contributed by atoms with Gasteiger partial charge in [0.1, 0.15) is 0 Å². The van der Waals surface area contributed by atoms with Crippen molar-refractivity contribution in [3.63, 3.8) is 0 Å². The highest BCUT2D eigenvalue weighted by atomic mass is 35.5. The van der Waals surface area contributed by atoms with Gasteiger partial charge in [-0.2, -0.15) is 0 Å². The Morgan fingerprint density at radius 3 is 2.89 bits per heavy atom. The van der Waals surface area contributed by atoms with Crippen molar-refractivity contribution in [3.8, 4) is 0 Å². The minimum atomic E-state index is -0.360. The van der Waals surface area contributed by atoms with Crippen LogP contribution in [-0.2, 0) is 11.2 Å². The Morgan fingerprint density at radius 1 is 1.47 bits per heavy atom. The average molecular weight is 283 g/mol. The molecule has 0 aromatic heterocycles. The molecule has 1 aromatic rings. The third-order valence-electron chi connectivity index (χ3n) is 3.54. The van der Waals surface area contributed by atoms with E-state index in [1.54, 1.807) is 0 Å². The minimum Gasteiger partial charge on any atom is -0.320 e. The second kappa shape index (κ2) is 6.92. The summed E-state index contributed by atoms with van der Waals surface area (Å²) in [5.41, 5.74) is 9.49. The molecule has 1 aliphatic heterocycles. The first kappa shape index (κ1) is 16.0. The maximum absolute atomic E-state index is 12.4. The first-order valence-electron chi connectivity index (χ1n) is 6.80. The monoisotopic (exact) mass is 282 g/mol. The molecule has 4 heteroatoms. The number of nitrogens with zero attached hydrogens (tertiary/aromatic N) is 1. The van der Waals surface area contributed by atoms with Crippen LogP contribution in [0.15, 0.2) is 18.2 Å². The lowest BCUT2D eigenvalue weighted by Gasteiger charge is -2.31. The van der Waals surface area contributed by atoms with Crippen LogP contribution in [0.5, 0.6) is 0 Å². The van der Waals surface area contributed by atoms with Crippen LogP contribution in [0.25, 0.3) is 0 Å². The fourth-order valence-corrected chi connectivity index (χ4v) is 2.55. The molecule has 106 valence electrons. The van der Waals surface area contributed by atoms with Crippen molar-refractivity contribution < 1.29 is 4.79 Å². The van der Waals surface area contributed by atoms with E-state index in [0.29, 0.717) is 0 Å². The van der Waals surface area contributed by atoms with E-state index in [-0.39, 0.29) is 24.4 Å². The van der Waals surface area contributed by atoms with Gasteiger partial charge in [-0.15, -0.1) is 12.4 Å². The van der Waals surface area contributed by atoms with Gasteiger partial charge in [-0.25, -0.2) is 0 Å². The van der Waals surface area contributed by atoms with Crippen molar-refractivity contribution >= 4 is 24.0 Å². The van der Waals surface area contributed by atoms with Crippen molar-refractivity contribution in [2.75, 3.05) is 11.4 Å². The number of benzene rings is 1. The molecule has 2 rings (SSSR count). The molecule has 1 atom stereocenters. The summed E-state index contributed by atoms with van der Waals surface area (Å²) in [6.07, 6.45) is 3.79. The normalized spacial score (nSPS) is 15.4. The van der Waals surface area contributed by atoms with Crippen molar-refractivity contribution in [2.24, 2.45) is 5.73 Å². The first-order chi connectivity index (χ1) is 8.63. The van der Waals surface area contributed by atoms with E-state index < -0.39 is 0 Å². The lowest BCUT2D eigenvalue weighted by molar-refractivity contribution is -0.120. The number of carbonyl (C=O) groups excluding carboxylic acids is 1. The molecule has 1 aromatic carbocycles. The number of carbonyl (C=O) groups is 1. The van der Waals surface area contributed by atoms with E-state index in [9.17, 15) is 4.79 Å². The molecule has 0 saturated heterocycles. The van der Waals surface area contributed by atoms with Crippen LogP contribution < -0.4 is 10.6 Å². The topological polar surface area (TPSA) is 46.3 Å². The van der Waals surface area contributed by atoms with Crippen molar-refractivity contribution in [1.82, 2.24) is 0 Å². The molecular weight excluding hydrogens is 260 g/mol. The first-order valence-corrected chi connectivity index (χ1v) is 6.80. The maximum atomic E-state index is 12.4. The van der Waals surface area contributed by atoms with E-state index in [1.165, 1.54) is 11.1 Å².